The lowest BCUT2D eigenvalue weighted by molar-refractivity contribution is -0.142. The van der Waals surface area contributed by atoms with E-state index in [-0.39, 0.29) is 18.6 Å². The largest absolute Gasteiger partial charge is 0.466 e. The number of nitrogens with zero attached hydrogens (tertiary/aromatic N) is 2. The van der Waals surface area contributed by atoms with Crippen LogP contribution in [0.1, 0.15) is 30.7 Å². The molecular formula is C23H26N4O5S. The minimum absolute atomic E-state index is 0.145. The predicted octanol–water partition coefficient (Wildman–Crippen LogP) is 2.96. The van der Waals surface area contributed by atoms with Gasteiger partial charge in [0.05, 0.1) is 47.6 Å². The molecule has 174 valence electrons. The second-order valence-corrected chi connectivity index (χ2v) is 9.04. The van der Waals surface area contributed by atoms with Crippen LogP contribution in [0.2, 0.25) is 0 Å². The number of aromatic amines is 1. The maximum atomic E-state index is 13.3. The highest BCUT2D eigenvalue weighted by Gasteiger charge is 2.18. The number of para-hydroxylation sites is 1. The minimum atomic E-state index is -3.49. The van der Waals surface area contributed by atoms with Crippen molar-refractivity contribution in [2.24, 2.45) is 4.99 Å². The summed E-state index contributed by atoms with van der Waals surface area (Å²) in [7, 11) is -3.49. The first kappa shape index (κ1) is 24.0. The smallest absolute Gasteiger partial charge is 0.311 e. The summed E-state index contributed by atoms with van der Waals surface area (Å²) in [4.78, 5) is 29.9. The van der Waals surface area contributed by atoms with Crippen LogP contribution in [-0.2, 0) is 32.4 Å². The van der Waals surface area contributed by atoms with Crippen LogP contribution in [0.5, 0.6) is 0 Å². The fraction of sp³-hybridized carbons (Fsp3) is 0.261. The number of benzene rings is 2. The number of ether oxygens (including phenoxy) is 1. The van der Waals surface area contributed by atoms with E-state index < -0.39 is 21.6 Å². The van der Waals surface area contributed by atoms with E-state index in [2.05, 4.69) is 14.8 Å². The summed E-state index contributed by atoms with van der Waals surface area (Å²) in [5, 5.41) is 2.95. The molecule has 0 saturated carbocycles. The lowest BCUT2D eigenvalue weighted by Crippen LogP contribution is -2.18. The van der Waals surface area contributed by atoms with Crippen LogP contribution in [0, 0.1) is 0 Å². The van der Waals surface area contributed by atoms with E-state index in [0.29, 0.717) is 17.1 Å². The Bertz CT molecular complexity index is 1340. The van der Waals surface area contributed by atoms with E-state index in [9.17, 15) is 18.0 Å². The fourth-order valence-corrected chi connectivity index (χ4v) is 3.85. The molecule has 0 aliphatic rings. The number of aliphatic imine (C=N–C) groups is 1. The molecule has 1 aromatic heterocycles. The van der Waals surface area contributed by atoms with Gasteiger partial charge in [-0.25, -0.2) is 13.1 Å². The molecule has 0 unspecified atom stereocenters. The molecule has 0 radical (unpaired) electrons. The van der Waals surface area contributed by atoms with Crippen molar-refractivity contribution < 1.29 is 17.9 Å². The quantitative estimate of drug-likeness (QED) is 0.368. The summed E-state index contributed by atoms with van der Waals surface area (Å²) in [5.74, 6) is -0.484. The second-order valence-electron chi connectivity index (χ2n) is 7.29. The normalized spacial score (nSPS) is 11.6. The summed E-state index contributed by atoms with van der Waals surface area (Å²) in [5.41, 5.74) is 2.59. The third-order valence-electron chi connectivity index (χ3n) is 4.74. The molecule has 0 atom stereocenters. The molecule has 3 rings (SSSR count). The molecule has 1 heterocycles. The molecule has 33 heavy (non-hydrogen) atoms. The van der Waals surface area contributed by atoms with Gasteiger partial charge < -0.3 is 4.74 Å². The molecule has 0 bridgehead atoms. The monoisotopic (exact) mass is 470 g/mol. The van der Waals surface area contributed by atoms with Crippen LogP contribution >= 0.6 is 0 Å². The van der Waals surface area contributed by atoms with Gasteiger partial charge >= 0.3 is 5.97 Å². The third kappa shape index (κ3) is 6.19. The van der Waals surface area contributed by atoms with Crippen LogP contribution in [0.15, 0.2) is 58.3 Å². The average Bonchev–Trinajstić information content (AvgIpc) is 3.06. The number of esters is 1. The van der Waals surface area contributed by atoms with Gasteiger partial charge in [-0.2, -0.15) is 0 Å². The van der Waals surface area contributed by atoms with E-state index >= 15 is 0 Å². The van der Waals surface area contributed by atoms with Crippen molar-refractivity contribution in [3.8, 4) is 5.69 Å². The van der Waals surface area contributed by atoms with Crippen LogP contribution in [0.3, 0.4) is 0 Å². The zero-order valence-electron chi connectivity index (χ0n) is 18.7. The standard InChI is InChI=1S/C23H26N4O5S/c1-4-16-9-6-7-12-20(16)24-15-19-21(14-22(28)32-5-2)25-27(23(19)29)18-11-8-10-17(13-18)26-33(3,30)31/h6-13,15,25-26H,4-5,14H2,1-3H3. The lowest BCUT2D eigenvalue weighted by Gasteiger charge is -2.07. The Kier molecular flexibility index (Phi) is 7.49. The Hall–Kier alpha value is -3.66. The van der Waals surface area contributed by atoms with Gasteiger partial charge in [0.2, 0.25) is 10.0 Å². The van der Waals surface area contributed by atoms with E-state index in [1.165, 1.54) is 17.0 Å². The number of hydrogen-bond acceptors (Lipinski definition) is 6. The van der Waals surface area contributed by atoms with Gasteiger partial charge in [0.1, 0.15) is 0 Å². The molecule has 0 spiro atoms. The summed E-state index contributed by atoms with van der Waals surface area (Å²) < 4.78 is 31.8. The van der Waals surface area contributed by atoms with Crippen LogP contribution in [0.4, 0.5) is 11.4 Å². The Labute approximate surface area is 192 Å². The number of rotatable bonds is 9. The first-order chi connectivity index (χ1) is 15.7. The zero-order chi connectivity index (χ0) is 24.0. The van der Waals surface area contributed by atoms with Crippen molar-refractivity contribution >= 4 is 33.6 Å². The molecular weight excluding hydrogens is 444 g/mol. The Morgan fingerprint density at radius 3 is 2.64 bits per heavy atom. The van der Waals surface area contributed by atoms with E-state index in [1.807, 2.05) is 31.2 Å². The van der Waals surface area contributed by atoms with Gasteiger partial charge in [-0.05, 0) is 43.2 Å². The SMILES string of the molecule is CCOC(=O)Cc1[nH]n(-c2cccc(NS(C)(=O)=O)c2)c(=O)c1C=Nc1ccccc1CC. The van der Waals surface area contributed by atoms with Crippen molar-refractivity contribution in [2.45, 2.75) is 26.7 Å². The first-order valence-electron chi connectivity index (χ1n) is 10.4. The summed E-state index contributed by atoms with van der Waals surface area (Å²) >= 11 is 0. The van der Waals surface area contributed by atoms with Crippen LogP contribution < -0.4 is 10.3 Å². The van der Waals surface area contributed by atoms with Gasteiger partial charge in [-0.3, -0.25) is 24.4 Å². The van der Waals surface area contributed by atoms with Crippen molar-refractivity contribution in [2.75, 3.05) is 17.6 Å². The fourth-order valence-electron chi connectivity index (χ4n) is 3.29. The van der Waals surface area contributed by atoms with Gasteiger partial charge in [-0.15, -0.1) is 0 Å². The minimum Gasteiger partial charge on any atom is -0.466 e. The molecule has 2 N–H and O–H groups in total. The maximum Gasteiger partial charge on any atom is 0.311 e. The van der Waals surface area contributed by atoms with E-state index in [0.717, 1.165) is 23.9 Å². The molecule has 9 nitrogen and oxygen atoms in total. The number of sulfonamides is 1. The zero-order valence-corrected chi connectivity index (χ0v) is 19.5. The van der Waals surface area contributed by atoms with E-state index in [1.54, 1.807) is 25.1 Å². The van der Waals surface area contributed by atoms with Crippen molar-refractivity contribution in [3.05, 3.63) is 75.7 Å². The number of hydrogen-bond donors (Lipinski definition) is 2. The van der Waals surface area contributed by atoms with E-state index in [4.69, 9.17) is 4.74 Å². The number of anilines is 1. The number of carbonyl (C=O) groups excluding carboxylic acids is 1. The van der Waals surface area contributed by atoms with Crippen molar-refractivity contribution in [1.29, 1.82) is 0 Å². The number of H-pyrrole nitrogens is 1. The molecule has 0 aliphatic carbocycles. The van der Waals surface area contributed by atoms with Gasteiger partial charge in [0.15, 0.2) is 0 Å². The highest BCUT2D eigenvalue weighted by molar-refractivity contribution is 7.92. The molecule has 3 aromatic rings. The molecule has 0 aliphatic heterocycles. The third-order valence-corrected chi connectivity index (χ3v) is 5.35. The Morgan fingerprint density at radius 1 is 1.18 bits per heavy atom. The summed E-state index contributed by atoms with van der Waals surface area (Å²) in [6.07, 6.45) is 3.12. The molecule has 0 amide bonds. The number of aromatic nitrogens is 2. The lowest BCUT2D eigenvalue weighted by atomic mass is 10.1. The molecule has 2 aromatic carbocycles. The second kappa shape index (κ2) is 10.3. The average molecular weight is 471 g/mol. The van der Waals surface area contributed by atoms with Crippen molar-refractivity contribution in [3.63, 3.8) is 0 Å². The molecule has 0 saturated heterocycles. The van der Waals surface area contributed by atoms with Crippen molar-refractivity contribution in [1.82, 2.24) is 9.78 Å². The number of aryl methyl sites for hydroxylation is 1. The van der Waals surface area contributed by atoms with Crippen LogP contribution in [-0.4, -0.2) is 43.2 Å². The van der Waals surface area contributed by atoms with Crippen LogP contribution in [0.25, 0.3) is 5.69 Å². The van der Waals surface area contributed by atoms with Gasteiger partial charge in [0, 0.05) is 6.21 Å². The van der Waals surface area contributed by atoms with Gasteiger partial charge in [-0.1, -0.05) is 31.2 Å². The summed E-state index contributed by atoms with van der Waals surface area (Å²) in [6.45, 7) is 3.94. The Morgan fingerprint density at radius 2 is 1.94 bits per heavy atom. The highest BCUT2D eigenvalue weighted by atomic mass is 32.2. The number of nitrogens with one attached hydrogen (secondary N) is 2. The predicted molar refractivity (Wildman–Crippen MR) is 128 cm³/mol. The topological polar surface area (TPSA) is 123 Å². The molecule has 0 fully saturated rings. The number of carbonyl (C=O) groups is 1. The maximum absolute atomic E-state index is 13.3. The van der Waals surface area contributed by atoms with Gasteiger partial charge in [0.25, 0.3) is 5.56 Å². The Balaban J connectivity index is 2.07. The summed E-state index contributed by atoms with van der Waals surface area (Å²) in [6, 6.07) is 13.9. The first-order valence-corrected chi connectivity index (χ1v) is 12.3. The molecule has 10 heteroatoms. The highest BCUT2D eigenvalue weighted by Crippen LogP contribution is 2.20.